The summed E-state index contributed by atoms with van der Waals surface area (Å²) in [5.74, 6) is 0.956. The summed E-state index contributed by atoms with van der Waals surface area (Å²) in [5.41, 5.74) is 3.91. The molecule has 2 heterocycles. The second kappa shape index (κ2) is 6.35. The predicted molar refractivity (Wildman–Crippen MR) is 104 cm³/mol. The maximum Gasteiger partial charge on any atom is 0.226 e. The van der Waals surface area contributed by atoms with E-state index >= 15 is 0 Å². The van der Waals surface area contributed by atoms with E-state index in [-0.39, 0.29) is 17.7 Å². The van der Waals surface area contributed by atoms with E-state index in [1.807, 2.05) is 54.6 Å². The zero-order chi connectivity index (χ0) is 18.4. The number of Topliss-reactive ketones (excluding diaryl/α,β-unsaturated/α-hetero) is 1. The molecular weight excluding hydrogens is 360 g/mol. The van der Waals surface area contributed by atoms with Gasteiger partial charge in [0, 0.05) is 22.7 Å². The van der Waals surface area contributed by atoms with E-state index in [0.29, 0.717) is 17.4 Å². The number of hydrogen-bond donors (Lipinski definition) is 1. The Morgan fingerprint density at radius 2 is 1.78 bits per heavy atom. The van der Waals surface area contributed by atoms with E-state index in [4.69, 9.17) is 11.6 Å². The highest BCUT2D eigenvalue weighted by molar-refractivity contribution is 6.30. The molecule has 27 heavy (non-hydrogen) atoms. The number of carbonyl (C=O) groups excluding carboxylic acids is 1. The number of anilines is 1. The Morgan fingerprint density at radius 1 is 1.00 bits per heavy atom. The molecule has 1 aromatic heterocycles. The van der Waals surface area contributed by atoms with Gasteiger partial charge in [0.05, 0.1) is 0 Å². The predicted octanol–water partition coefficient (Wildman–Crippen LogP) is 4.35. The number of fused-ring (bicyclic) bond motifs is 1. The molecule has 0 fully saturated rings. The highest BCUT2D eigenvalue weighted by Gasteiger charge is 2.39. The summed E-state index contributed by atoms with van der Waals surface area (Å²) in [6.07, 6.45) is 2.77. The zero-order valence-corrected chi connectivity index (χ0v) is 15.2. The standard InChI is InChI=1S/C21H17ClN4O/c22-16-8-6-13(7-9-16)15-10-17-19(18(27)11-15)20(14-4-2-1-3-5-14)26-21(25-17)23-12-24-26/h1-9,12,15,20H,10-11H2,(H,23,24,25)/t15-,20+/m0/s1. The Bertz CT molecular complexity index is 1040. The SMILES string of the molecule is O=C1C[C@@H](c2ccc(Cl)cc2)CC2=C1[C@@H](c1ccccc1)n1ncnc1N2. The summed E-state index contributed by atoms with van der Waals surface area (Å²) in [4.78, 5) is 17.5. The summed E-state index contributed by atoms with van der Waals surface area (Å²) in [5, 5.41) is 8.41. The van der Waals surface area contributed by atoms with Crippen LogP contribution in [0.15, 0.2) is 72.2 Å². The first kappa shape index (κ1) is 16.3. The highest BCUT2D eigenvalue weighted by Crippen LogP contribution is 2.43. The van der Waals surface area contributed by atoms with Crippen LogP contribution in [0.3, 0.4) is 0 Å². The largest absolute Gasteiger partial charge is 0.328 e. The lowest BCUT2D eigenvalue weighted by Crippen LogP contribution is -2.33. The molecule has 3 aromatic rings. The fourth-order valence-corrected chi connectivity index (χ4v) is 4.19. The molecule has 1 aliphatic heterocycles. The van der Waals surface area contributed by atoms with Gasteiger partial charge in [-0.05, 0) is 35.6 Å². The third-order valence-electron chi connectivity index (χ3n) is 5.32. The van der Waals surface area contributed by atoms with Crippen molar-refractivity contribution in [1.82, 2.24) is 14.8 Å². The Morgan fingerprint density at radius 3 is 2.56 bits per heavy atom. The third-order valence-corrected chi connectivity index (χ3v) is 5.57. The fourth-order valence-electron chi connectivity index (χ4n) is 4.07. The molecule has 5 rings (SSSR count). The molecule has 2 atom stereocenters. The molecule has 0 saturated heterocycles. The van der Waals surface area contributed by atoms with Gasteiger partial charge in [0.2, 0.25) is 5.95 Å². The molecule has 2 aromatic carbocycles. The summed E-state index contributed by atoms with van der Waals surface area (Å²) in [6, 6.07) is 17.5. The van der Waals surface area contributed by atoms with Crippen molar-refractivity contribution in [2.24, 2.45) is 0 Å². The topological polar surface area (TPSA) is 59.8 Å². The summed E-state index contributed by atoms with van der Waals surface area (Å²) < 4.78 is 1.80. The lowest BCUT2D eigenvalue weighted by Gasteiger charge is -2.35. The van der Waals surface area contributed by atoms with Crippen molar-refractivity contribution < 1.29 is 4.79 Å². The van der Waals surface area contributed by atoms with Crippen molar-refractivity contribution in [3.63, 3.8) is 0 Å². The fraction of sp³-hybridized carbons (Fsp3) is 0.190. The van der Waals surface area contributed by atoms with Crippen molar-refractivity contribution >= 4 is 23.3 Å². The van der Waals surface area contributed by atoms with Crippen molar-refractivity contribution in [2.75, 3.05) is 5.32 Å². The van der Waals surface area contributed by atoms with Gasteiger partial charge in [-0.15, -0.1) is 0 Å². The number of aromatic nitrogens is 3. The van der Waals surface area contributed by atoms with Gasteiger partial charge in [-0.1, -0.05) is 54.1 Å². The normalized spacial score (nSPS) is 21.4. The van der Waals surface area contributed by atoms with Crippen LogP contribution in [-0.2, 0) is 4.79 Å². The molecule has 0 saturated carbocycles. The number of hydrogen-bond acceptors (Lipinski definition) is 4. The maximum atomic E-state index is 13.2. The number of rotatable bonds is 2. The van der Waals surface area contributed by atoms with Crippen LogP contribution in [0.25, 0.3) is 0 Å². The van der Waals surface area contributed by atoms with Crippen molar-refractivity contribution in [2.45, 2.75) is 24.8 Å². The molecule has 1 N–H and O–H groups in total. The van der Waals surface area contributed by atoms with E-state index in [9.17, 15) is 4.79 Å². The van der Waals surface area contributed by atoms with E-state index in [2.05, 4.69) is 15.4 Å². The first-order chi connectivity index (χ1) is 13.2. The van der Waals surface area contributed by atoms with E-state index in [0.717, 1.165) is 28.8 Å². The lowest BCUT2D eigenvalue weighted by molar-refractivity contribution is -0.116. The quantitative estimate of drug-likeness (QED) is 0.722. The third kappa shape index (κ3) is 2.75. The molecule has 0 unspecified atom stereocenters. The molecule has 1 aliphatic carbocycles. The van der Waals surface area contributed by atoms with Gasteiger partial charge >= 0.3 is 0 Å². The molecule has 0 spiro atoms. The molecule has 2 aliphatic rings. The number of halogens is 1. The maximum absolute atomic E-state index is 13.2. The highest BCUT2D eigenvalue weighted by atomic mass is 35.5. The Labute approximate surface area is 161 Å². The Kier molecular flexibility index (Phi) is 3.83. The van der Waals surface area contributed by atoms with Gasteiger partial charge in [-0.25, -0.2) is 4.68 Å². The second-order valence-corrected chi connectivity index (χ2v) is 7.37. The number of carbonyl (C=O) groups is 1. The van der Waals surface area contributed by atoms with Gasteiger partial charge in [0.15, 0.2) is 5.78 Å². The number of allylic oxidation sites excluding steroid dienone is 2. The van der Waals surface area contributed by atoms with Crippen LogP contribution >= 0.6 is 11.6 Å². The Balaban J connectivity index is 1.58. The minimum Gasteiger partial charge on any atom is -0.328 e. The number of benzene rings is 2. The molecule has 5 nitrogen and oxygen atoms in total. The lowest BCUT2D eigenvalue weighted by atomic mass is 9.78. The van der Waals surface area contributed by atoms with Crippen LogP contribution in [0.2, 0.25) is 5.02 Å². The smallest absolute Gasteiger partial charge is 0.226 e. The number of nitrogens with one attached hydrogen (secondary N) is 1. The molecular formula is C21H17ClN4O. The zero-order valence-electron chi connectivity index (χ0n) is 14.5. The average Bonchev–Trinajstić information content (AvgIpc) is 3.15. The second-order valence-electron chi connectivity index (χ2n) is 6.94. The molecule has 0 amide bonds. The van der Waals surface area contributed by atoms with Crippen LogP contribution in [0.4, 0.5) is 5.95 Å². The van der Waals surface area contributed by atoms with E-state index < -0.39 is 0 Å². The van der Waals surface area contributed by atoms with Gasteiger partial charge in [0.1, 0.15) is 12.4 Å². The number of nitrogens with zero attached hydrogens (tertiary/aromatic N) is 3. The summed E-state index contributed by atoms with van der Waals surface area (Å²) in [7, 11) is 0. The first-order valence-corrected chi connectivity index (χ1v) is 9.31. The van der Waals surface area contributed by atoms with Crippen molar-refractivity contribution in [3.8, 4) is 0 Å². The molecule has 134 valence electrons. The van der Waals surface area contributed by atoms with Crippen LogP contribution in [0.5, 0.6) is 0 Å². The monoisotopic (exact) mass is 376 g/mol. The van der Waals surface area contributed by atoms with Crippen LogP contribution in [-0.4, -0.2) is 20.5 Å². The molecule has 6 heteroatoms. The van der Waals surface area contributed by atoms with Gasteiger partial charge in [0.25, 0.3) is 0 Å². The van der Waals surface area contributed by atoms with Crippen LogP contribution in [0.1, 0.15) is 35.9 Å². The summed E-state index contributed by atoms with van der Waals surface area (Å²) >= 11 is 6.01. The average molecular weight is 377 g/mol. The minimum atomic E-state index is -0.237. The minimum absolute atomic E-state index is 0.131. The van der Waals surface area contributed by atoms with Crippen molar-refractivity contribution in [1.29, 1.82) is 0 Å². The first-order valence-electron chi connectivity index (χ1n) is 8.94. The van der Waals surface area contributed by atoms with Gasteiger partial charge in [-0.3, -0.25) is 4.79 Å². The van der Waals surface area contributed by atoms with Gasteiger partial charge < -0.3 is 5.32 Å². The molecule has 0 radical (unpaired) electrons. The number of ketones is 1. The van der Waals surface area contributed by atoms with Gasteiger partial charge in [-0.2, -0.15) is 10.1 Å². The summed E-state index contributed by atoms with van der Waals surface area (Å²) in [6.45, 7) is 0. The van der Waals surface area contributed by atoms with E-state index in [1.165, 1.54) is 6.33 Å². The van der Waals surface area contributed by atoms with E-state index in [1.54, 1.807) is 4.68 Å². The Hall–Kier alpha value is -2.92. The molecule has 0 bridgehead atoms. The van der Waals surface area contributed by atoms with Crippen molar-refractivity contribution in [3.05, 3.63) is 88.3 Å². The van der Waals surface area contributed by atoms with Crippen LogP contribution in [0, 0.1) is 0 Å². The van der Waals surface area contributed by atoms with Crippen LogP contribution < -0.4 is 5.32 Å².